The molecule has 1 aliphatic carbocycles. The van der Waals surface area contributed by atoms with Crippen molar-refractivity contribution in [2.75, 3.05) is 12.3 Å². The third-order valence-electron chi connectivity index (χ3n) is 4.04. The highest BCUT2D eigenvalue weighted by molar-refractivity contribution is 5.91. The van der Waals surface area contributed by atoms with E-state index in [1.807, 2.05) is 31.2 Å². The zero-order chi connectivity index (χ0) is 14.1. The Morgan fingerprint density at radius 1 is 1.42 bits per heavy atom. The fourth-order valence-corrected chi connectivity index (χ4v) is 2.14. The number of hydrogen-bond donors (Lipinski definition) is 3. The summed E-state index contributed by atoms with van der Waals surface area (Å²) in [6, 6.07) is 7.48. The van der Waals surface area contributed by atoms with Gasteiger partial charge in [-0.3, -0.25) is 4.79 Å². The normalized spacial score (nSPS) is 19.5. The molecule has 1 atom stereocenters. The third kappa shape index (κ3) is 2.89. The molecule has 1 aromatic carbocycles. The van der Waals surface area contributed by atoms with E-state index in [0.29, 0.717) is 18.7 Å². The van der Waals surface area contributed by atoms with E-state index in [4.69, 9.17) is 5.73 Å². The summed E-state index contributed by atoms with van der Waals surface area (Å²) < 4.78 is 0. The van der Waals surface area contributed by atoms with E-state index < -0.39 is 11.0 Å². The number of amides is 1. The predicted molar refractivity (Wildman–Crippen MR) is 75.7 cm³/mol. The van der Waals surface area contributed by atoms with Crippen molar-refractivity contribution in [3.8, 4) is 0 Å². The van der Waals surface area contributed by atoms with Crippen LogP contribution in [0.2, 0.25) is 0 Å². The van der Waals surface area contributed by atoms with Crippen LogP contribution in [0.4, 0.5) is 5.69 Å². The van der Waals surface area contributed by atoms with Crippen LogP contribution in [0, 0.1) is 0 Å². The van der Waals surface area contributed by atoms with Gasteiger partial charge in [-0.15, -0.1) is 0 Å². The second-order valence-electron chi connectivity index (χ2n) is 5.74. The zero-order valence-electron chi connectivity index (χ0n) is 11.6. The maximum Gasteiger partial charge on any atom is 0.230 e. The third-order valence-corrected chi connectivity index (χ3v) is 4.04. The standard InChI is InChI=1S/C15H22N2O2/c1-3-14(2,19)10-17-13(18)15(8-9-15)11-4-6-12(16)7-5-11/h4-7,19H,3,8-10,16H2,1-2H3,(H,17,18). The molecule has 1 fully saturated rings. The summed E-state index contributed by atoms with van der Waals surface area (Å²) in [5.41, 5.74) is 6.13. The zero-order valence-corrected chi connectivity index (χ0v) is 11.6. The summed E-state index contributed by atoms with van der Waals surface area (Å²) >= 11 is 0. The average Bonchev–Trinajstić information content (AvgIpc) is 3.18. The van der Waals surface area contributed by atoms with Crippen LogP contribution in [0.3, 0.4) is 0 Å². The number of nitrogen functional groups attached to an aromatic ring is 1. The van der Waals surface area contributed by atoms with E-state index in [2.05, 4.69) is 5.32 Å². The number of carbonyl (C=O) groups is 1. The summed E-state index contributed by atoms with van der Waals surface area (Å²) in [6.07, 6.45) is 2.33. The highest BCUT2D eigenvalue weighted by atomic mass is 16.3. The monoisotopic (exact) mass is 262 g/mol. The molecule has 19 heavy (non-hydrogen) atoms. The Morgan fingerprint density at radius 3 is 2.47 bits per heavy atom. The molecule has 1 aromatic rings. The summed E-state index contributed by atoms with van der Waals surface area (Å²) in [7, 11) is 0. The SMILES string of the molecule is CCC(C)(O)CNC(=O)C1(c2ccc(N)cc2)CC1. The van der Waals surface area contributed by atoms with E-state index >= 15 is 0 Å². The molecule has 1 aliphatic rings. The van der Waals surface area contributed by atoms with Gasteiger partial charge in [0.05, 0.1) is 11.0 Å². The average molecular weight is 262 g/mol. The van der Waals surface area contributed by atoms with Crippen LogP contribution < -0.4 is 11.1 Å². The van der Waals surface area contributed by atoms with Crippen molar-refractivity contribution in [3.63, 3.8) is 0 Å². The second-order valence-corrected chi connectivity index (χ2v) is 5.74. The van der Waals surface area contributed by atoms with Crippen molar-refractivity contribution >= 4 is 11.6 Å². The van der Waals surface area contributed by atoms with Gasteiger partial charge in [-0.05, 0) is 43.9 Å². The minimum Gasteiger partial charge on any atom is -0.399 e. The highest BCUT2D eigenvalue weighted by Gasteiger charge is 2.51. The van der Waals surface area contributed by atoms with Gasteiger partial charge in [0.15, 0.2) is 0 Å². The van der Waals surface area contributed by atoms with E-state index in [-0.39, 0.29) is 5.91 Å². The lowest BCUT2D eigenvalue weighted by atomic mass is 9.94. The molecule has 2 rings (SSSR count). The van der Waals surface area contributed by atoms with Crippen molar-refractivity contribution < 1.29 is 9.90 Å². The maximum atomic E-state index is 12.3. The van der Waals surface area contributed by atoms with Gasteiger partial charge >= 0.3 is 0 Å². The molecule has 0 bridgehead atoms. The van der Waals surface area contributed by atoms with Crippen LogP contribution in [0.25, 0.3) is 0 Å². The molecule has 4 N–H and O–H groups in total. The number of nitrogens with one attached hydrogen (secondary N) is 1. The van der Waals surface area contributed by atoms with Crippen LogP contribution >= 0.6 is 0 Å². The summed E-state index contributed by atoms with van der Waals surface area (Å²) in [4.78, 5) is 12.3. The van der Waals surface area contributed by atoms with E-state index in [1.165, 1.54) is 0 Å². The maximum absolute atomic E-state index is 12.3. The van der Waals surface area contributed by atoms with Crippen molar-refractivity contribution in [1.29, 1.82) is 0 Å². The molecule has 1 amide bonds. The number of hydrogen-bond acceptors (Lipinski definition) is 3. The molecule has 1 unspecified atom stereocenters. The molecule has 0 aromatic heterocycles. The first kappa shape index (κ1) is 13.9. The smallest absolute Gasteiger partial charge is 0.230 e. The molecule has 104 valence electrons. The number of aliphatic hydroxyl groups is 1. The van der Waals surface area contributed by atoms with Crippen molar-refractivity contribution in [2.24, 2.45) is 0 Å². The van der Waals surface area contributed by atoms with Gasteiger partial charge in [0, 0.05) is 12.2 Å². The quantitative estimate of drug-likeness (QED) is 0.705. The first-order valence-corrected chi connectivity index (χ1v) is 6.76. The Hall–Kier alpha value is -1.55. The summed E-state index contributed by atoms with van der Waals surface area (Å²) in [5, 5.41) is 12.8. The molecular weight excluding hydrogens is 240 g/mol. The van der Waals surface area contributed by atoms with Gasteiger partial charge in [-0.25, -0.2) is 0 Å². The molecule has 1 saturated carbocycles. The number of rotatable bonds is 5. The van der Waals surface area contributed by atoms with Gasteiger partial charge in [0.2, 0.25) is 5.91 Å². The fourth-order valence-electron chi connectivity index (χ4n) is 2.14. The van der Waals surface area contributed by atoms with Crippen molar-refractivity contribution in [1.82, 2.24) is 5.32 Å². The molecule has 0 spiro atoms. The summed E-state index contributed by atoms with van der Waals surface area (Å²) in [6.45, 7) is 3.92. The lowest BCUT2D eigenvalue weighted by Gasteiger charge is -2.24. The van der Waals surface area contributed by atoms with Crippen LogP contribution in [-0.4, -0.2) is 23.2 Å². The van der Waals surface area contributed by atoms with Gasteiger partial charge in [-0.1, -0.05) is 19.1 Å². The van der Waals surface area contributed by atoms with Gasteiger partial charge in [0.25, 0.3) is 0 Å². The molecule has 0 heterocycles. The van der Waals surface area contributed by atoms with E-state index in [0.717, 1.165) is 18.4 Å². The molecule has 0 radical (unpaired) electrons. The van der Waals surface area contributed by atoms with Crippen molar-refractivity contribution in [3.05, 3.63) is 29.8 Å². The largest absolute Gasteiger partial charge is 0.399 e. The Morgan fingerprint density at radius 2 is 2.00 bits per heavy atom. The Kier molecular flexibility index (Phi) is 3.54. The number of nitrogens with two attached hydrogens (primary N) is 1. The lowest BCUT2D eigenvalue weighted by molar-refractivity contribution is -0.124. The highest BCUT2D eigenvalue weighted by Crippen LogP contribution is 2.48. The minimum absolute atomic E-state index is 0.00555. The lowest BCUT2D eigenvalue weighted by Crippen LogP contribution is -2.44. The molecule has 4 heteroatoms. The van der Waals surface area contributed by atoms with Crippen LogP contribution in [0.15, 0.2) is 24.3 Å². The molecule has 0 aliphatic heterocycles. The van der Waals surface area contributed by atoms with Crippen molar-refractivity contribution in [2.45, 2.75) is 44.1 Å². The summed E-state index contributed by atoms with van der Waals surface area (Å²) in [5.74, 6) is 0.00555. The van der Waals surface area contributed by atoms with Crippen LogP contribution in [0.5, 0.6) is 0 Å². The minimum atomic E-state index is -0.840. The van der Waals surface area contributed by atoms with E-state index in [9.17, 15) is 9.90 Å². The number of carbonyl (C=O) groups excluding carboxylic acids is 1. The molecular formula is C15H22N2O2. The Balaban J connectivity index is 2.04. The number of anilines is 1. The van der Waals surface area contributed by atoms with Gasteiger partial charge < -0.3 is 16.2 Å². The van der Waals surface area contributed by atoms with E-state index in [1.54, 1.807) is 6.92 Å². The Bertz CT molecular complexity index is 462. The second kappa shape index (κ2) is 4.85. The fraction of sp³-hybridized carbons (Fsp3) is 0.533. The number of benzene rings is 1. The molecule has 0 saturated heterocycles. The first-order chi connectivity index (χ1) is 8.89. The van der Waals surface area contributed by atoms with Crippen LogP contribution in [-0.2, 0) is 10.2 Å². The van der Waals surface area contributed by atoms with Gasteiger partial charge in [-0.2, -0.15) is 0 Å². The predicted octanol–water partition coefficient (Wildman–Crippen LogP) is 1.58. The molecule has 4 nitrogen and oxygen atoms in total. The van der Waals surface area contributed by atoms with Gasteiger partial charge in [0.1, 0.15) is 0 Å². The Labute approximate surface area is 114 Å². The first-order valence-electron chi connectivity index (χ1n) is 6.76. The topological polar surface area (TPSA) is 75.3 Å². The van der Waals surface area contributed by atoms with Crippen LogP contribution in [0.1, 0.15) is 38.7 Å².